The van der Waals surface area contributed by atoms with E-state index in [1.54, 1.807) is 30.9 Å². The van der Waals surface area contributed by atoms with Gasteiger partial charge < -0.3 is 14.8 Å². The second-order valence-corrected chi connectivity index (χ2v) is 9.64. The Labute approximate surface area is 235 Å². The number of aromatic nitrogens is 3. The lowest BCUT2D eigenvalue weighted by molar-refractivity contribution is 0.0827. The van der Waals surface area contributed by atoms with Crippen LogP contribution in [0.1, 0.15) is 41.8 Å². The second-order valence-electron chi connectivity index (χ2n) is 9.64. The summed E-state index contributed by atoms with van der Waals surface area (Å²) in [5.41, 5.74) is 4.12. The van der Waals surface area contributed by atoms with Crippen molar-refractivity contribution in [3.63, 3.8) is 0 Å². The molecule has 1 aliphatic rings. The van der Waals surface area contributed by atoms with Crippen LogP contribution in [-0.4, -0.2) is 63.9 Å². The number of carbonyl (C=O) groups excluding carboxylic acids is 1. The number of anilines is 1. The molecule has 4 aromatic rings. The number of hydrogen-bond donors (Lipinski definition) is 1. The SMILES string of the molecule is [2H]C([2H])([2H])N(C(=O)c1cc(C)c(C2=CCN(Cc3cc4c(-n5ccc(NC)cc5=O)ccnc4n3C)CC2)c(F)c1)C([2H])([2H])[2H]. The summed E-state index contributed by atoms with van der Waals surface area (Å²) in [5.74, 6) is -2.01. The Kier molecular flexibility index (Phi) is 5.32. The van der Waals surface area contributed by atoms with Crippen LogP contribution in [0, 0.1) is 12.7 Å². The van der Waals surface area contributed by atoms with Gasteiger partial charge in [-0.05, 0) is 54.8 Å². The van der Waals surface area contributed by atoms with Gasteiger partial charge in [-0.25, -0.2) is 9.37 Å². The molecular weight excluding hydrogens is 495 g/mol. The molecule has 0 saturated carbocycles. The first-order valence-corrected chi connectivity index (χ1v) is 12.5. The quantitative estimate of drug-likeness (QED) is 0.401. The summed E-state index contributed by atoms with van der Waals surface area (Å²) in [6.45, 7) is -3.12. The Morgan fingerprint density at radius 2 is 2.05 bits per heavy atom. The number of rotatable bonds is 6. The number of aryl methyl sites for hydroxylation is 2. The molecule has 39 heavy (non-hydrogen) atoms. The molecule has 9 heteroatoms. The zero-order valence-corrected chi connectivity index (χ0v) is 22.0. The maximum absolute atomic E-state index is 15.4. The van der Waals surface area contributed by atoms with Crippen molar-refractivity contribution in [2.24, 2.45) is 7.05 Å². The highest BCUT2D eigenvalue weighted by molar-refractivity contribution is 5.94. The van der Waals surface area contributed by atoms with Crippen LogP contribution in [-0.2, 0) is 13.6 Å². The van der Waals surface area contributed by atoms with Gasteiger partial charge in [0, 0.05) is 102 Å². The molecule has 4 heterocycles. The maximum atomic E-state index is 15.4. The number of benzene rings is 1. The van der Waals surface area contributed by atoms with Gasteiger partial charge in [0.1, 0.15) is 11.5 Å². The number of nitrogens with zero attached hydrogens (tertiary/aromatic N) is 5. The standard InChI is InChI=1S/C30H33FN6O2/c1-19-14-21(30(39)34(3)4)15-25(31)28(19)20-7-11-36(12-8-20)18-23-17-24-26(6-10-33-29(24)35(23)5)37-13-9-22(32-2)16-27(37)38/h6-7,9-10,13-17,32H,8,11-12,18H2,1-5H3/i3D3,4D3. The van der Waals surface area contributed by atoms with Gasteiger partial charge in [0.05, 0.1) is 5.69 Å². The summed E-state index contributed by atoms with van der Waals surface area (Å²) in [4.78, 5) is 32.2. The largest absolute Gasteiger partial charge is 0.388 e. The summed E-state index contributed by atoms with van der Waals surface area (Å²) in [6.07, 6.45) is 5.84. The lowest BCUT2D eigenvalue weighted by Crippen LogP contribution is -2.29. The zero-order valence-electron chi connectivity index (χ0n) is 28.0. The fourth-order valence-electron chi connectivity index (χ4n) is 5.17. The third kappa shape index (κ3) is 4.97. The number of halogens is 1. The van der Waals surface area contributed by atoms with Crippen LogP contribution < -0.4 is 10.9 Å². The summed E-state index contributed by atoms with van der Waals surface area (Å²) in [5, 5.41) is 3.81. The Hall–Kier alpha value is -4.24. The highest BCUT2D eigenvalue weighted by Crippen LogP contribution is 2.30. The summed E-state index contributed by atoms with van der Waals surface area (Å²) in [6, 6.07) is 9.43. The van der Waals surface area contributed by atoms with Crippen LogP contribution in [0.4, 0.5) is 10.1 Å². The Balaban J connectivity index is 1.37. The van der Waals surface area contributed by atoms with Gasteiger partial charge in [-0.2, -0.15) is 0 Å². The van der Waals surface area contributed by atoms with Gasteiger partial charge in [0.25, 0.3) is 11.5 Å². The molecule has 0 aliphatic carbocycles. The predicted molar refractivity (Wildman–Crippen MR) is 153 cm³/mol. The molecule has 0 atom stereocenters. The molecule has 1 amide bonds. The highest BCUT2D eigenvalue weighted by Gasteiger charge is 2.21. The number of nitrogens with one attached hydrogen (secondary N) is 1. The Morgan fingerprint density at radius 3 is 2.72 bits per heavy atom. The van der Waals surface area contributed by atoms with Crippen molar-refractivity contribution < 1.29 is 17.4 Å². The molecule has 0 radical (unpaired) electrons. The van der Waals surface area contributed by atoms with E-state index in [9.17, 15) is 9.59 Å². The van der Waals surface area contributed by atoms with E-state index in [-0.39, 0.29) is 16.0 Å². The summed E-state index contributed by atoms with van der Waals surface area (Å²) in [7, 11) is 3.68. The number of fused-ring (bicyclic) bond motifs is 1. The lowest BCUT2D eigenvalue weighted by Gasteiger charge is -2.27. The molecule has 202 valence electrons. The Morgan fingerprint density at radius 1 is 1.23 bits per heavy atom. The van der Waals surface area contributed by atoms with Crippen molar-refractivity contribution >= 4 is 28.2 Å². The minimum atomic E-state index is -3.22. The van der Waals surface area contributed by atoms with E-state index in [0.717, 1.165) is 39.7 Å². The van der Waals surface area contributed by atoms with Gasteiger partial charge >= 0.3 is 0 Å². The minimum absolute atomic E-state index is 0.166. The van der Waals surface area contributed by atoms with Gasteiger partial charge in [0.2, 0.25) is 0 Å². The topological polar surface area (TPSA) is 75.4 Å². The fraction of sp³-hybridized carbons (Fsp3) is 0.300. The normalized spacial score (nSPS) is 16.9. The first kappa shape index (κ1) is 19.8. The molecule has 1 N–H and O–H groups in total. The molecular formula is C30H33FN6O2. The van der Waals surface area contributed by atoms with Crippen molar-refractivity contribution in [3.8, 4) is 5.69 Å². The number of amides is 1. The van der Waals surface area contributed by atoms with E-state index in [4.69, 9.17) is 8.22 Å². The lowest BCUT2D eigenvalue weighted by atomic mass is 9.93. The smallest absolute Gasteiger partial charge is 0.257 e. The van der Waals surface area contributed by atoms with Crippen molar-refractivity contribution in [1.29, 1.82) is 0 Å². The van der Waals surface area contributed by atoms with Crippen LogP contribution >= 0.6 is 0 Å². The van der Waals surface area contributed by atoms with Crippen LogP contribution in [0.2, 0.25) is 0 Å². The second kappa shape index (κ2) is 10.5. The van der Waals surface area contributed by atoms with Gasteiger partial charge in [-0.1, -0.05) is 6.08 Å². The fourth-order valence-corrected chi connectivity index (χ4v) is 5.17. The molecule has 0 fully saturated rings. The monoisotopic (exact) mass is 534 g/mol. The molecule has 0 saturated heterocycles. The molecule has 5 rings (SSSR count). The van der Waals surface area contributed by atoms with Crippen molar-refractivity contribution in [1.82, 2.24) is 23.9 Å². The highest BCUT2D eigenvalue weighted by atomic mass is 19.1. The van der Waals surface area contributed by atoms with Gasteiger partial charge in [0.15, 0.2) is 0 Å². The van der Waals surface area contributed by atoms with Crippen molar-refractivity contribution in [2.45, 2.75) is 19.9 Å². The summed E-state index contributed by atoms with van der Waals surface area (Å²) >= 11 is 0. The molecule has 1 aromatic carbocycles. The molecule has 1 aliphatic heterocycles. The first-order chi connectivity index (χ1) is 21.1. The maximum Gasteiger partial charge on any atom is 0.257 e. The molecule has 0 unspecified atom stereocenters. The molecule has 3 aromatic heterocycles. The minimum Gasteiger partial charge on any atom is -0.388 e. The van der Waals surface area contributed by atoms with Crippen LogP contribution in [0.25, 0.3) is 22.3 Å². The van der Waals surface area contributed by atoms with E-state index in [2.05, 4.69) is 15.2 Å². The van der Waals surface area contributed by atoms with Crippen molar-refractivity contribution in [3.05, 3.63) is 93.4 Å². The van der Waals surface area contributed by atoms with Gasteiger partial charge in [-0.3, -0.25) is 19.1 Å². The van der Waals surface area contributed by atoms with Crippen LogP contribution in [0.5, 0.6) is 0 Å². The molecule has 0 bridgehead atoms. The van der Waals surface area contributed by atoms with E-state index in [0.29, 0.717) is 37.2 Å². The van der Waals surface area contributed by atoms with E-state index < -0.39 is 25.7 Å². The third-order valence-electron chi connectivity index (χ3n) is 7.21. The zero-order chi connectivity index (χ0) is 32.8. The third-order valence-corrected chi connectivity index (χ3v) is 7.21. The average molecular weight is 535 g/mol. The van der Waals surface area contributed by atoms with E-state index in [1.807, 2.05) is 35.9 Å². The van der Waals surface area contributed by atoms with Crippen LogP contribution in [0.15, 0.2) is 59.7 Å². The number of pyridine rings is 2. The van der Waals surface area contributed by atoms with Crippen molar-refractivity contribution in [2.75, 3.05) is 39.4 Å². The average Bonchev–Trinajstić information content (AvgIpc) is 3.27. The molecule has 0 spiro atoms. The van der Waals surface area contributed by atoms with Crippen LogP contribution in [0.3, 0.4) is 0 Å². The van der Waals surface area contributed by atoms with E-state index >= 15 is 4.39 Å². The predicted octanol–water partition coefficient (Wildman–Crippen LogP) is 4.20. The Bertz CT molecular complexity index is 1840. The number of hydrogen-bond acceptors (Lipinski definition) is 5. The number of carbonyl (C=O) groups is 1. The summed E-state index contributed by atoms with van der Waals surface area (Å²) < 4.78 is 64.0. The van der Waals surface area contributed by atoms with E-state index in [1.165, 1.54) is 12.1 Å². The van der Waals surface area contributed by atoms with Gasteiger partial charge in [-0.15, -0.1) is 0 Å². The molecule has 8 nitrogen and oxygen atoms in total. The first-order valence-electron chi connectivity index (χ1n) is 15.5.